The molecular formula is C6H9N3S. The minimum atomic E-state index is 0.924. The predicted octanol–water partition coefficient (Wildman–Crippen LogP) is 1.10. The lowest BCUT2D eigenvalue weighted by atomic mass is 10.5. The molecule has 0 bridgehead atoms. The highest BCUT2D eigenvalue weighted by atomic mass is 32.1. The van der Waals surface area contributed by atoms with Crippen molar-refractivity contribution in [2.75, 3.05) is 5.32 Å². The molecule has 1 aromatic rings. The summed E-state index contributed by atoms with van der Waals surface area (Å²) < 4.78 is 1.75. The average molecular weight is 155 g/mol. The molecule has 0 saturated heterocycles. The van der Waals surface area contributed by atoms with Crippen LogP contribution in [0.15, 0.2) is 6.07 Å². The van der Waals surface area contributed by atoms with Crippen LogP contribution in [0.2, 0.25) is 0 Å². The molecule has 1 rings (SSSR count). The summed E-state index contributed by atoms with van der Waals surface area (Å²) in [7, 11) is 1.87. The summed E-state index contributed by atoms with van der Waals surface area (Å²) in [6.07, 6.45) is 0. The number of rotatable bonds is 2. The van der Waals surface area contributed by atoms with Crippen molar-refractivity contribution in [1.82, 2.24) is 9.78 Å². The quantitative estimate of drug-likeness (QED) is 0.648. The van der Waals surface area contributed by atoms with E-state index in [2.05, 4.69) is 22.6 Å². The molecule has 54 valence electrons. The van der Waals surface area contributed by atoms with Crippen LogP contribution in [-0.4, -0.2) is 15.3 Å². The van der Waals surface area contributed by atoms with Crippen LogP contribution in [0.1, 0.15) is 5.69 Å². The molecule has 0 aromatic carbocycles. The molecule has 0 aliphatic rings. The molecule has 1 N–H and O–H groups in total. The van der Waals surface area contributed by atoms with Gasteiger partial charge >= 0.3 is 0 Å². The minimum Gasteiger partial charge on any atom is -0.338 e. The number of hydrogen-bond acceptors (Lipinski definition) is 2. The minimum absolute atomic E-state index is 0.924. The number of aryl methyl sites for hydroxylation is 2. The van der Waals surface area contributed by atoms with Crippen LogP contribution < -0.4 is 5.32 Å². The van der Waals surface area contributed by atoms with E-state index in [1.165, 1.54) is 5.49 Å². The normalized spacial score (nSPS) is 9.40. The number of nitrogens with zero attached hydrogens (tertiary/aromatic N) is 2. The first kappa shape index (κ1) is 7.21. The van der Waals surface area contributed by atoms with Gasteiger partial charge in [-0.25, -0.2) is 0 Å². The Balaban J connectivity index is 2.91. The molecule has 0 atom stereocenters. The standard InChI is InChI=1S/C6H9N3S/c1-5-3-6(7-4-10)9(2)8-5/h3-4H,1-2H3,(H,7,10). The van der Waals surface area contributed by atoms with Crippen molar-refractivity contribution in [3.8, 4) is 0 Å². The van der Waals surface area contributed by atoms with Crippen molar-refractivity contribution in [2.45, 2.75) is 6.92 Å². The highest BCUT2D eigenvalue weighted by Gasteiger charge is 1.96. The zero-order chi connectivity index (χ0) is 7.56. The number of nitrogens with one attached hydrogen (secondary N) is 1. The third-order valence-corrected chi connectivity index (χ3v) is 1.33. The van der Waals surface area contributed by atoms with Gasteiger partial charge in [0.25, 0.3) is 0 Å². The lowest BCUT2D eigenvalue weighted by Gasteiger charge is -1.96. The van der Waals surface area contributed by atoms with Crippen LogP contribution in [0.25, 0.3) is 0 Å². The van der Waals surface area contributed by atoms with Gasteiger partial charge in [0, 0.05) is 13.1 Å². The topological polar surface area (TPSA) is 29.9 Å². The van der Waals surface area contributed by atoms with Crippen molar-refractivity contribution in [3.63, 3.8) is 0 Å². The van der Waals surface area contributed by atoms with E-state index in [-0.39, 0.29) is 0 Å². The Hall–Kier alpha value is -0.900. The largest absolute Gasteiger partial charge is 0.338 e. The van der Waals surface area contributed by atoms with E-state index in [0.717, 1.165) is 11.5 Å². The highest BCUT2D eigenvalue weighted by Crippen LogP contribution is 2.05. The van der Waals surface area contributed by atoms with Crippen LogP contribution in [0.5, 0.6) is 0 Å². The summed E-state index contributed by atoms with van der Waals surface area (Å²) in [5.74, 6) is 0.924. The molecule has 10 heavy (non-hydrogen) atoms. The number of anilines is 1. The van der Waals surface area contributed by atoms with E-state index in [4.69, 9.17) is 0 Å². The molecule has 0 amide bonds. The molecule has 0 aliphatic carbocycles. The summed E-state index contributed by atoms with van der Waals surface area (Å²) in [4.78, 5) is 0. The molecule has 0 unspecified atom stereocenters. The van der Waals surface area contributed by atoms with Crippen molar-refractivity contribution < 1.29 is 0 Å². The van der Waals surface area contributed by atoms with E-state index >= 15 is 0 Å². The molecule has 0 fully saturated rings. The molecule has 0 aliphatic heterocycles. The van der Waals surface area contributed by atoms with Gasteiger partial charge in [-0.05, 0) is 6.92 Å². The molecular weight excluding hydrogens is 146 g/mol. The number of thiocarbonyl (C=S) groups is 1. The van der Waals surface area contributed by atoms with E-state index in [9.17, 15) is 0 Å². The smallest absolute Gasteiger partial charge is 0.128 e. The second kappa shape index (κ2) is 2.79. The SMILES string of the molecule is Cc1cc(NC=S)n(C)n1. The fourth-order valence-corrected chi connectivity index (χ4v) is 0.927. The summed E-state index contributed by atoms with van der Waals surface area (Å²) in [6.45, 7) is 1.94. The number of hydrogen-bond donors (Lipinski definition) is 1. The van der Waals surface area contributed by atoms with Crippen LogP contribution in [-0.2, 0) is 7.05 Å². The maximum absolute atomic E-state index is 4.63. The van der Waals surface area contributed by atoms with Gasteiger partial charge in [0.05, 0.1) is 11.2 Å². The first-order valence-corrected chi connectivity index (χ1v) is 3.42. The maximum Gasteiger partial charge on any atom is 0.128 e. The zero-order valence-corrected chi connectivity index (χ0v) is 6.77. The van der Waals surface area contributed by atoms with Gasteiger partial charge in [-0.1, -0.05) is 12.2 Å². The molecule has 1 heterocycles. The van der Waals surface area contributed by atoms with Crippen molar-refractivity contribution in [1.29, 1.82) is 0 Å². The number of aromatic nitrogens is 2. The Kier molecular flexibility index (Phi) is 2.01. The molecule has 3 nitrogen and oxygen atoms in total. The van der Waals surface area contributed by atoms with Gasteiger partial charge in [-0.15, -0.1) is 0 Å². The summed E-state index contributed by atoms with van der Waals surface area (Å²) in [5, 5.41) is 7.00. The lowest BCUT2D eigenvalue weighted by molar-refractivity contribution is 0.766. The Morgan fingerprint density at radius 3 is 2.90 bits per heavy atom. The average Bonchev–Trinajstić information content (AvgIpc) is 2.13. The molecule has 4 heteroatoms. The first-order chi connectivity index (χ1) is 4.74. The fraction of sp³-hybridized carbons (Fsp3) is 0.333. The van der Waals surface area contributed by atoms with Crippen LogP contribution in [0.4, 0.5) is 5.82 Å². The second-order valence-corrected chi connectivity index (χ2v) is 2.29. The van der Waals surface area contributed by atoms with Crippen LogP contribution in [0.3, 0.4) is 0 Å². The zero-order valence-electron chi connectivity index (χ0n) is 5.96. The fourth-order valence-electron chi connectivity index (χ4n) is 0.806. The summed E-state index contributed by atoms with van der Waals surface area (Å²) >= 11 is 4.63. The van der Waals surface area contributed by atoms with Crippen molar-refractivity contribution >= 4 is 23.5 Å². The molecule has 0 saturated carbocycles. The van der Waals surface area contributed by atoms with E-state index in [1.807, 2.05) is 20.0 Å². The van der Waals surface area contributed by atoms with Gasteiger partial charge in [-0.3, -0.25) is 4.68 Å². The Bertz CT molecular complexity index is 241. The van der Waals surface area contributed by atoms with Crippen molar-refractivity contribution in [2.24, 2.45) is 7.05 Å². The summed E-state index contributed by atoms with van der Waals surface area (Å²) in [5.41, 5.74) is 2.46. The lowest BCUT2D eigenvalue weighted by Crippen LogP contribution is -2.00. The maximum atomic E-state index is 4.63. The van der Waals surface area contributed by atoms with Gasteiger partial charge in [0.2, 0.25) is 0 Å². The van der Waals surface area contributed by atoms with Gasteiger partial charge in [-0.2, -0.15) is 5.10 Å². The van der Waals surface area contributed by atoms with E-state index < -0.39 is 0 Å². The molecule has 0 radical (unpaired) electrons. The molecule has 0 spiro atoms. The Morgan fingerprint density at radius 2 is 2.50 bits per heavy atom. The Morgan fingerprint density at radius 1 is 1.80 bits per heavy atom. The van der Waals surface area contributed by atoms with E-state index in [0.29, 0.717) is 0 Å². The van der Waals surface area contributed by atoms with Gasteiger partial charge in [0.1, 0.15) is 5.82 Å². The third-order valence-electron chi connectivity index (χ3n) is 1.21. The predicted molar refractivity (Wildman–Crippen MR) is 45.2 cm³/mol. The first-order valence-electron chi connectivity index (χ1n) is 2.95. The highest BCUT2D eigenvalue weighted by molar-refractivity contribution is 7.79. The summed E-state index contributed by atoms with van der Waals surface area (Å²) in [6, 6.07) is 1.93. The van der Waals surface area contributed by atoms with E-state index in [1.54, 1.807) is 4.68 Å². The monoisotopic (exact) mass is 155 g/mol. The second-order valence-electron chi connectivity index (χ2n) is 2.06. The van der Waals surface area contributed by atoms with Crippen LogP contribution >= 0.6 is 12.2 Å². The van der Waals surface area contributed by atoms with Crippen molar-refractivity contribution in [3.05, 3.63) is 11.8 Å². The van der Waals surface area contributed by atoms with Crippen LogP contribution in [0, 0.1) is 6.92 Å². The Labute approximate surface area is 65.0 Å². The van der Waals surface area contributed by atoms with Gasteiger partial charge in [0.15, 0.2) is 0 Å². The third kappa shape index (κ3) is 1.33. The molecule has 1 aromatic heterocycles. The van der Waals surface area contributed by atoms with Gasteiger partial charge < -0.3 is 5.32 Å².